The van der Waals surface area contributed by atoms with Gasteiger partial charge in [0.25, 0.3) is 0 Å². The smallest absolute Gasteiger partial charge is 0.370 e. The van der Waals surface area contributed by atoms with E-state index in [1.807, 2.05) is 0 Å². The average Bonchev–Trinajstić information content (AvgIpc) is 3.33. The summed E-state index contributed by atoms with van der Waals surface area (Å²) in [5.41, 5.74) is 0.242. The summed E-state index contributed by atoms with van der Waals surface area (Å²) in [5, 5.41) is 0. The van der Waals surface area contributed by atoms with E-state index in [0.29, 0.717) is 6.42 Å². The molecule has 162 valence electrons. The maximum atomic E-state index is 11.2. The molecule has 0 aromatic rings. The second-order valence-electron chi connectivity index (χ2n) is 7.34. The van der Waals surface area contributed by atoms with Gasteiger partial charge in [0.1, 0.15) is 0 Å². The lowest BCUT2D eigenvalue weighted by atomic mass is 9.98. The summed E-state index contributed by atoms with van der Waals surface area (Å²) in [7, 11) is -9.70. The maximum absolute atomic E-state index is 11.2. The predicted molar refractivity (Wildman–Crippen MR) is 103 cm³/mol. The first kappa shape index (κ1) is 25.3. The molecule has 0 aliphatic carbocycles. The lowest BCUT2D eigenvalue weighted by Crippen LogP contribution is -2.08. The first-order chi connectivity index (χ1) is 12.7. The van der Waals surface area contributed by atoms with E-state index in [1.165, 1.54) is 51.4 Å². The molecule has 1 rings (SSSR count). The Labute approximate surface area is 162 Å². The lowest BCUT2D eigenvalue weighted by molar-refractivity contribution is 0.175. The van der Waals surface area contributed by atoms with Crippen LogP contribution in [-0.4, -0.2) is 33.5 Å². The van der Waals surface area contributed by atoms with Gasteiger partial charge in [0.05, 0.1) is 18.8 Å². The number of ether oxygens (including phenoxy) is 1. The Balaban J connectivity index is 1.80. The number of epoxide rings is 1. The molecule has 1 saturated heterocycles. The fourth-order valence-corrected chi connectivity index (χ4v) is 4.73. The van der Waals surface area contributed by atoms with Gasteiger partial charge in [-0.05, 0) is 19.3 Å². The van der Waals surface area contributed by atoms with Gasteiger partial charge in [-0.1, -0.05) is 71.1 Å². The molecule has 0 aromatic heterocycles. The van der Waals surface area contributed by atoms with Gasteiger partial charge in [0, 0.05) is 0 Å². The van der Waals surface area contributed by atoms with Gasteiger partial charge in [-0.2, -0.15) is 4.31 Å². The number of hydrogen-bond acceptors (Lipinski definition) is 5. The fourth-order valence-electron chi connectivity index (χ4n) is 3.11. The molecular weight excluding hydrogens is 394 g/mol. The second kappa shape index (κ2) is 12.7. The van der Waals surface area contributed by atoms with Crippen LogP contribution in [0.3, 0.4) is 0 Å². The van der Waals surface area contributed by atoms with Crippen LogP contribution in [0.4, 0.5) is 0 Å². The number of unbranched alkanes of at least 4 members (excludes halogenated alkanes) is 10. The van der Waals surface area contributed by atoms with E-state index in [9.17, 15) is 9.13 Å². The molecule has 0 spiro atoms. The van der Waals surface area contributed by atoms with Gasteiger partial charge in [-0.15, -0.1) is 0 Å². The Bertz CT molecular complexity index is 489. The molecule has 0 radical (unpaired) electrons. The van der Waals surface area contributed by atoms with Crippen LogP contribution in [0.2, 0.25) is 0 Å². The minimum Gasteiger partial charge on any atom is -0.370 e. The van der Waals surface area contributed by atoms with Gasteiger partial charge in [0.15, 0.2) is 0 Å². The van der Waals surface area contributed by atoms with Crippen molar-refractivity contribution in [3.05, 3.63) is 0 Å². The van der Waals surface area contributed by atoms with Crippen LogP contribution in [0.1, 0.15) is 90.4 Å². The van der Waals surface area contributed by atoms with Crippen molar-refractivity contribution in [2.24, 2.45) is 0 Å². The Kier molecular flexibility index (Phi) is 11.9. The first-order valence-electron chi connectivity index (χ1n) is 10.1. The van der Waals surface area contributed by atoms with Crippen molar-refractivity contribution in [2.75, 3.05) is 13.2 Å². The summed E-state index contributed by atoms with van der Waals surface area (Å²) in [6.45, 7) is 3.10. The number of phosphoric ester groups is 1. The minimum absolute atomic E-state index is 0.0574. The van der Waals surface area contributed by atoms with E-state index in [-0.39, 0.29) is 12.2 Å². The Morgan fingerprint density at radius 1 is 0.852 bits per heavy atom. The van der Waals surface area contributed by atoms with E-state index in [0.717, 1.165) is 32.3 Å². The topological polar surface area (TPSA) is 126 Å². The molecule has 0 bridgehead atoms. The van der Waals surface area contributed by atoms with E-state index < -0.39 is 15.6 Å². The Morgan fingerprint density at radius 2 is 1.30 bits per heavy atom. The molecule has 1 fully saturated rings. The van der Waals surface area contributed by atoms with Crippen LogP contribution < -0.4 is 0 Å². The zero-order valence-electron chi connectivity index (χ0n) is 16.4. The van der Waals surface area contributed by atoms with Crippen molar-refractivity contribution in [2.45, 2.75) is 96.0 Å². The van der Waals surface area contributed by atoms with Crippen LogP contribution in [0.15, 0.2) is 0 Å². The van der Waals surface area contributed by atoms with Crippen molar-refractivity contribution in [1.82, 2.24) is 0 Å². The first-order valence-corrected chi connectivity index (χ1v) is 13.1. The molecule has 27 heavy (non-hydrogen) atoms. The molecule has 10 heteroatoms. The van der Waals surface area contributed by atoms with Crippen LogP contribution in [0.25, 0.3) is 0 Å². The third-order valence-corrected chi connectivity index (χ3v) is 7.12. The SMILES string of the molecule is CCC1(CCCCCCCCCCCCCOP(=O)(O)OP(=O)(O)O)CO1. The quantitative estimate of drug-likeness (QED) is 0.156. The molecular formula is C17H36O8P2. The summed E-state index contributed by atoms with van der Waals surface area (Å²) < 4.78 is 35.4. The molecule has 8 nitrogen and oxygen atoms in total. The molecule has 2 atom stereocenters. The van der Waals surface area contributed by atoms with Crippen LogP contribution >= 0.6 is 15.6 Å². The largest absolute Gasteiger partial charge is 0.481 e. The predicted octanol–water partition coefficient (Wildman–Crippen LogP) is 5.07. The fraction of sp³-hybridized carbons (Fsp3) is 1.00. The Hall–Kier alpha value is 0.220. The number of rotatable bonds is 18. The highest BCUT2D eigenvalue weighted by Crippen LogP contribution is 2.57. The highest BCUT2D eigenvalue weighted by Gasteiger charge is 2.41. The van der Waals surface area contributed by atoms with Crippen LogP contribution in [-0.2, 0) is 22.7 Å². The molecule has 1 aliphatic heterocycles. The monoisotopic (exact) mass is 430 g/mol. The van der Waals surface area contributed by atoms with Crippen molar-refractivity contribution >= 4 is 15.6 Å². The summed E-state index contributed by atoms with van der Waals surface area (Å²) >= 11 is 0. The van der Waals surface area contributed by atoms with Crippen LogP contribution in [0.5, 0.6) is 0 Å². The van der Waals surface area contributed by atoms with Gasteiger partial charge in [-0.25, -0.2) is 9.13 Å². The van der Waals surface area contributed by atoms with Gasteiger partial charge in [0.2, 0.25) is 0 Å². The zero-order valence-corrected chi connectivity index (χ0v) is 18.2. The molecule has 1 heterocycles. The lowest BCUT2D eigenvalue weighted by Gasteiger charge is -2.12. The molecule has 3 N–H and O–H groups in total. The van der Waals surface area contributed by atoms with E-state index >= 15 is 0 Å². The van der Waals surface area contributed by atoms with Crippen molar-refractivity contribution < 1.29 is 37.4 Å². The molecule has 2 unspecified atom stereocenters. The summed E-state index contributed by atoms with van der Waals surface area (Å²) in [6, 6.07) is 0. The third-order valence-electron chi connectivity index (χ3n) is 4.94. The average molecular weight is 430 g/mol. The summed E-state index contributed by atoms with van der Waals surface area (Å²) in [4.78, 5) is 26.0. The van der Waals surface area contributed by atoms with Gasteiger partial charge >= 0.3 is 15.6 Å². The van der Waals surface area contributed by atoms with E-state index in [4.69, 9.17) is 19.4 Å². The molecule has 0 amide bonds. The normalized spacial score (nSPS) is 21.9. The van der Waals surface area contributed by atoms with Crippen molar-refractivity contribution in [3.63, 3.8) is 0 Å². The molecule has 1 aliphatic rings. The standard InChI is InChI=1S/C17H36O8P2/c1-2-17(16-23-17)14-12-10-8-6-4-3-5-7-9-11-13-15-24-27(21,22)25-26(18,19)20/h2-16H2,1H3,(H,21,22)(H2,18,19,20). The second-order valence-corrected chi connectivity index (χ2v) is 10.2. The summed E-state index contributed by atoms with van der Waals surface area (Å²) in [6.07, 6.45) is 14.7. The highest BCUT2D eigenvalue weighted by atomic mass is 31.3. The van der Waals surface area contributed by atoms with E-state index in [1.54, 1.807) is 0 Å². The number of phosphoric acid groups is 2. The number of hydrogen-bond donors (Lipinski definition) is 3. The molecule has 0 aromatic carbocycles. The van der Waals surface area contributed by atoms with E-state index in [2.05, 4.69) is 15.8 Å². The Morgan fingerprint density at radius 3 is 1.70 bits per heavy atom. The minimum atomic E-state index is -5.02. The highest BCUT2D eigenvalue weighted by molar-refractivity contribution is 7.60. The third kappa shape index (κ3) is 13.9. The zero-order chi connectivity index (χ0) is 20.2. The van der Waals surface area contributed by atoms with Gasteiger partial charge in [-0.3, -0.25) is 4.52 Å². The summed E-state index contributed by atoms with van der Waals surface area (Å²) in [5.74, 6) is 0. The molecule has 0 saturated carbocycles. The van der Waals surface area contributed by atoms with Crippen molar-refractivity contribution in [3.8, 4) is 0 Å². The maximum Gasteiger partial charge on any atom is 0.481 e. The van der Waals surface area contributed by atoms with Gasteiger partial charge < -0.3 is 19.4 Å². The van der Waals surface area contributed by atoms with Crippen molar-refractivity contribution in [1.29, 1.82) is 0 Å². The van der Waals surface area contributed by atoms with Crippen LogP contribution in [0, 0.1) is 0 Å².